The normalized spacial score (nSPS) is 25.4. The molecular formula is C10H18N2O2. The summed E-state index contributed by atoms with van der Waals surface area (Å²) in [6, 6.07) is 0. The highest BCUT2D eigenvalue weighted by atomic mass is 16.5. The molecule has 2 saturated heterocycles. The van der Waals surface area contributed by atoms with Gasteiger partial charge < -0.3 is 15.0 Å². The first kappa shape index (κ1) is 9.93. The molecule has 1 N–H and O–H groups in total. The van der Waals surface area contributed by atoms with Gasteiger partial charge in [-0.2, -0.15) is 0 Å². The third-order valence-electron chi connectivity index (χ3n) is 3.02. The van der Waals surface area contributed by atoms with E-state index in [4.69, 9.17) is 4.74 Å². The van der Waals surface area contributed by atoms with Crippen molar-refractivity contribution in [3.05, 3.63) is 0 Å². The molecule has 0 radical (unpaired) electrons. The summed E-state index contributed by atoms with van der Waals surface area (Å²) in [5.74, 6) is 0.855. The zero-order valence-electron chi connectivity index (χ0n) is 8.50. The zero-order valence-corrected chi connectivity index (χ0v) is 8.50. The van der Waals surface area contributed by atoms with Crippen molar-refractivity contribution in [2.24, 2.45) is 5.92 Å². The van der Waals surface area contributed by atoms with E-state index in [0.717, 1.165) is 26.2 Å². The van der Waals surface area contributed by atoms with Gasteiger partial charge in [-0.1, -0.05) is 0 Å². The number of hydrogen-bond donors (Lipinski definition) is 1. The average molecular weight is 198 g/mol. The van der Waals surface area contributed by atoms with Crippen molar-refractivity contribution in [2.45, 2.75) is 12.8 Å². The van der Waals surface area contributed by atoms with Crippen LogP contribution in [0.4, 0.5) is 0 Å². The van der Waals surface area contributed by atoms with Gasteiger partial charge in [0.2, 0.25) is 5.91 Å². The summed E-state index contributed by atoms with van der Waals surface area (Å²) in [7, 11) is 0. The monoisotopic (exact) mass is 198 g/mol. The molecule has 80 valence electrons. The highest BCUT2D eigenvalue weighted by molar-refractivity contribution is 5.77. The molecule has 2 fully saturated rings. The number of nitrogens with zero attached hydrogens (tertiary/aromatic N) is 1. The Balaban J connectivity index is 1.79. The van der Waals surface area contributed by atoms with E-state index in [2.05, 4.69) is 5.32 Å². The largest absolute Gasteiger partial charge is 0.370 e. The Bertz CT molecular complexity index is 202. The summed E-state index contributed by atoms with van der Waals surface area (Å²) in [4.78, 5) is 13.4. The van der Waals surface area contributed by atoms with Crippen LogP contribution < -0.4 is 5.32 Å². The zero-order chi connectivity index (χ0) is 9.80. The molecule has 1 amide bonds. The second-order valence-corrected chi connectivity index (χ2v) is 4.09. The minimum atomic E-state index is 0.162. The number of carbonyl (C=O) groups excluding carboxylic acids is 1. The van der Waals surface area contributed by atoms with Gasteiger partial charge in [-0.25, -0.2) is 0 Å². The fourth-order valence-corrected chi connectivity index (χ4v) is 2.12. The van der Waals surface area contributed by atoms with Crippen LogP contribution in [0.15, 0.2) is 0 Å². The standard InChI is InChI=1S/C10H18N2O2/c13-10-8-14-6-5-12(10)7-9-1-3-11-4-2-9/h9,11H,1-8H2. The molecular weight excluding hydrogens is 180 g/mol. The number of hydrogen-bond acceptors (Lipinski definition) is 3. The van der Waals surface area contributed by atoms with E-state index in [1.54, 1.807) is 0 Å². The molecule has 0 aliphatic carbocycles. The van der Waals surface area contributed by atoms with Gasteiger partial charge in [0.05, 0.1) is 6.61 Å². The lowest BCUT2D eigenvalue weighted by molar-refractivity contribution is -0.143. The lowest BCUT2D eigenvalue weighted by Crippen LogP contribution is -2.45. The molecule has 0 aromatic carbocycles. The molecule has 0 atom stereocenters. The molecule has 0 unspecified atom stereocenters. The molecule has 2 heterocycles. The lowest BCUT2D eigenvalue weighted by Gasteiger charge is -2.32. The van der Waals surface area contributed by atoms with E-state index >= 15 is 0 Å². The number of ether oxygens (including phenoxy) is 1. The molecule has 2 aliphatic heterocycles. The van der Waals surface area contributed by atoms with Crippen molar-refractivity contribution in [1.29, 1.82) is 0 Å². The molecule has 0 aromatic heterocycles. The van der Waals surface area contributed by atoms with Gasteiger partial charge in [-0.3, -0.25) is 4.79 Å². The summed E-state index contributed by atoms with van der Waals surface area (Å²) in [5.41, 5.74) is 0. The first-order valence-electron chi connectivity index (χ1n) is 5.42. The van der Waals surface area contributed by atoms with E-state index in [9.17, 15) is 4.79 Å². The lowest BCUT2D eigenvalue weighted by atomic mass is 9.97. The second kappa shape index (κ2) is 4.75. The van der Waals surface area contributed by atoms with Crippen molar-refractivity contribution in [3.8, 4) is 0 Å². The van der Waals surface area contributed by atoms with Crippen LogP contribution in [0.1, 0.15) is 12.8 Å². The van der Waals surface area contributed by atoms with Crippen molar-refractivity contribution in [3.63, 3.8) is 0 Å². The minimum Gasteiger partial charge on any atom is -0.370 e. The fourth-order valence-electron chi connectivity index (χ4n) is 2.12. The van der Waals surface area contributed by atoms with Gasteiger partial charge in [0, 0.05) is 13.1 Å². The number of piperidine rings is 1. The Hall–Kier alpha value is -0.610. The van der Waals surface area contributed by atoms with Crippen molar-refractivity contribution in [2.75, 3.05) is 39.4 Å². The predicted molar refractivity (Wildman–Crippen MR) is 53.0 cm³/mol. The maximum absolute atomic E-state index is 11.5. The maximum atomic E-state index is 11.5. The summed E-state index contributed by atoms with van der Waals surface area (Å²) in [6.45, 7) is 4.90. The van der Waals surface area contributed by atoms with Crippen LogP contribution in [-0.2, 0) is 9.53 Å². The molecule has 4 heteroatoms. The quantitative estimate of drug-likeness (QED) is 0.670. The van der Waals surface area contributed by atoms with Gasteiger partial charge in [0.15, 0.2) is 0 Å². The van der Waals surface area contributed by atoms with Crippen LogP contribution in [0.25, 0.3) is 0 Å². The summed E-state index contributed by atoms with van der Waals surface area (Å²) < 4.78 is 5.10. The van der Waals surface area contributed by atoms with E-state index < -0.39 is 0 Å². The van der Waals surface area contributed by atoms with Crippen LogP contribution >= 0.6 is 0 Å². The van der Waals surface area contributed by atoms with Crippen molar-refractivity contribution in [1.82, 2.24) is 10.2 Å². The summed E-state index contributed by atoms with van der Waals surface area (Å²) >= 11 is 0. The molecule has 14 heavy (non-hydrogen) atoms. The second-order valence-electron chi connectivity index (χ2n) is 4.09. The average Bonchev–Trinajstić information content (AvgIpc) is 2.23. The van der Waals surface area contributed by atoms with Gasteiger partial charge in [-0.05, 0) is 31.8 Å². The molecule has 4 nitrogen and oxygen atoms in total. The Morgan fingerprint density at radius 3 is 2.93 bits per heavy atom. The highest BCUT2D eigenvalue weighted by Crippen LogP contribution is 2.14. The maximum Gasteiger partial charge on any atom is 0.248 e. The third-order valence-corrected chi connectivity index (χ3v) is 3.02. The fraction of sp³-hybridized carbons (Fsp3) is 0.900. The number of carbonyl (C=O) groups is 1. The molecule has 0 aromatic rings. The van der Waals surface area contributed by atoms with Crippen LogP contribution in [0.5, 0.6) is 0 Å². The van der Waals surface area contributed by atoms with Crippen LogP contribution in [0, 0.1) is 5.92 Å². The minimum absolute atomic E-state index is 0.162. The van der Waals surface area contributed by atoms with E-state index in [1.165, 1.54) is 12.8 Å². The van der Waals surface area contributed by atoms with E-state index in [-0.39, 0.29) is 12.5 Å². The third kappa shape index (κ3) is 2.45. The topological polar surface area (TPSA) is 41.6 Å². The van der Waals surface area contributed by atoms with Crippen LogP contribution in [0.3, 0.4) is 0 Å². The van der Waals surface area contributed by atoms with Crippen molar-refractivity contribution < 1.29 is 9.53 Å². The summed E-state index contributed by atoms with van der Waals surface area (Å²) in [5, 5.41) is 3.34. The molecule has 0 saturated carbocycles. The Morgan fingerprint density at radius 2 is 2.21 bits per heavy atom. The summed E-state index contributed by atoms with van der Waals surface area (Å²) in [6.07, 6.45) is 2.40. The predicted octanol–water partition coefficient (Wildman–Crippen LogP) is -0.155. The Labute approximate surface area is 84.6 Å². The van der Waals surface area contributed by atoms with E-state index in [0.29, 0.717) is 12.5 Å². The molecule has 2 rings (SSSR count). The molecule has 2 aliphatic rings. The molecule has 0 spiro atoms. The number of nitrogens with one attached hydrogen (secondary N) is 1. The van der Waals surface area contributed by atoms with Crippen LogP contribution in [-0.4, -0.2) is 50.2 Å². The molecule has 0 bridgehead atoms. The smallest absolute Gasteiger partial charge is 0.248 e. The Morgan fingerprint density at radius 1 is 1.43 bits per heavy atom. The first-order valence-corrected chi connectivity index (χ1v) is 5.42. The Kier molecular flexibility index (Phi) is 3.37. The van der Waals surface area contributed by atoms with Crippen molar-refractivity contribution >= 4 is 5.91 Å². The van der Waals surface area contributed by atoms with E-state index in [1.807, 2.05) is 4.90 Å². The van der Waals surface area contributed by atoms with Gasteiger partial charge in [0.1, 0.15) is 6.61 Å². The van der Waals surface area contributed by atoms with Gasteiger partial charge in [0.25, 0.3) is 0 Å². The van der Waals surface area contributed by atoms with Crippen LogP contribution in [0.2, 0.25) is 0 Å². The number of morpholine rings is 1. The first-order chi connectivity index (χ1) is 6.86. The number of amides is 1. The van der Waals surface area contributed by atoms with Gasteiger partial charge >= 0.3 is 0 Å². The highest BCUT2D eigenvalue weighted by Gasteiger charge is 2.22. The number of rotatable bonds is 2. The SMILES string of the molecule is O=C1COCCN1CC1CCNCC1. The van der Waals surface area contributed by atoms with Gasteiger partial charge in [-0.15, -0.1) is 0 Å².